The summed E-state index contributed by atoms with van der Waals surface area (Å²) in [6, 6.07) is 8.20. The first-order chi connectivity index (χ1) is 15.0. The first kappa shape index (κ1) is 23.2. The maximum absolute atomic E-state index is 13.5. The van der Waals surface area contributed by atoms with E-state index in [9.17, 15) is 14.4 Å². The van der Waals surface area contributed by atoms with E-state index in [1.54, 1.807) is 6.92 Å². The van der Waals surface area contributed by atoms with Gasteiger partial charge in [-0.3, -0.25) is 9.36 Å². The summed E-state index contributed by atoms with van der Waals surface area (Å²) >= 11 is 0. The number of nitrogens with one attached hydrogen (secondary N) is 1. The van der Waals surface area contributed by atoms with Gasteiger partial charge in [-0.2, -0.15) is 0 Å². The third-order valence-electron chi connectivity index (χ3n) is 5.17. The van der Waals surface area contributed by atoms with E-state index in [-0.39, 0.29) is 17.9 Å². The highest BCUT2D eigenvalue weighted by molar-refractivity contribution is 5.78. The van der Waals surface area contributed by atoms with Gasteiger partial charge in [0.1, 0.15) is 6.04 Å². The van der Waals surface area contributed by atoms with Gasteiger partial charge < -0.3 is 9.15 Å². The molecule has 2 aromatic heterocycles. The lowest BCUT2D eigenvalue weighted by molar-refractivity contribution is -0.148. The predicted molar refractivity (Wildman–Crippen MR) is 121 cm³/mol. The molecule has 170 valence electrons. The highest BCUT2D eigenvalue weighted by Gasteiger charge is 2.32. The van der Waals surface area contributed by atoms with Crippen molar-refractivity contribution < 1.29 is 13.9 Å². The number of hydrogen-bond donors (Lipinski definition) is 1. The van der Waals surface area contributed by atoms with E-state index in [0.717, 1.165) is 11.1 Å². The fourth-order valence-corrected chi connectivity index (χ4v) is 3.76. The first-order valence-corrected chi connectivity index (χ1v) is 10.6. The number of esters is 1. The monoisotopic (exact) mass is 439 g/mol. The highest BCUT2D eigenvalue weighted by Crippen LogP contribution is 2.35. The number of pyridine rings is 1. The SMILES string of the molecule is CCOC(=O)C(CC(C)(C)C)n1c(-c2ccc(C)cc2)c(C)c(-c2n[nH]c(=O)o2)cc1=O. The van der Waals surface area contributed by atoms with Crippen molar-refractivity contribution in [3.05, 3.63) is 62.4 Å². The third kappa shape index (κ3) is 4.90. The molecule has 32 heavy (non-hydrogen) atoms. The van der Waals surface area contributed by atoms with Crippen molar-refractivity contribution >= 4 is 5.97 Å². The van der Waals surface area contributed by atoms with Crippen molar-refractivity contribution in [3.8, 4) is 22.7 Å². The summed E-state index contributed by atoms with van der Waals surface area (Å²) in [5.41, 5.74) is 2.77. The molecular formula is C24H29N3O5. The number of aryl methyl sites for hydroxylation is 1. The van der Waals surface area contributed by atoms with Crippen molar-refractivity contribution in [1.82, 2.24) is 14.8 Å². The molecule has 0 amide bonds. The zero-order chi connectivity index (χ0) is 23.6. The molecule has 1 aromatic carbocycles. The lowest BCUT2D eigenvalue weighted by atomic mass is 9.87. The average molecular weight is 440 g/mol. The topological polar surface area (TPSA) is 107 Å². The van der Waals surface area contributed by atoms with Gasteiger partial charge >= 0.3 is 11.7 Å². The molecule has 0 saturated carbocycles. The smallest absolute Gasteiger partial charge is 0.434 e. The van der Waals surface area contributed by atoms with E-state index >= 15 is 0 Å². The van der Waals surface area contributed by atoms with Crippen LogP contribution in [0.2, 0.25) is 0 Å². The molecule has 1 atom stereocenters. The van der Waals surface area contributed by atoms with Crippen molar-refractivity contribution in [2.45, 2.75) is 54.0 Å². The molecule has 0 aliphatic heterocycles. The third-order valence-corrected chi connectivity index (χ3v) is 5.17. The number of hydrogen-bond acceptors (Lipinski definition) is 6. The van der Waals surface area contributed by atoms with Gasteiger partial charge in [-0.1, -0.05) is 50.6 Å². The van der Waals surface area contributed by atoms with Crippen molar-refractivity contribution in [3.63, 3.8) is 0 Å². The van der Waals surface area contributed by atoms with Gasteiger partial charge in [0.25, 0.3) is 5.56 Å². The zero-order valence-electron chi connectivity index (χ0n) is 19.3. The fraction of sp³-hybridized carbons (Fsp3) is 0.417. The Morgan fingerprint density at radius 3 is 2.38 bits per heavy atom. The van der Waals surface area contributed by atoms with Crippen molar-refractivity contribution in [2.75, 3.05) is 6.61 Å². The largest absolute Gasteiger partial charge is 0.464 e. The Kier molecular flexibility index (Phi) is 6.52. The minimum atomic E-state index is -0.822. The number of nitrogens with zero attached hydrogens (tertiary/aromatic N) is 2. The zero-order valence-corrected chi connectivity index (χ0v) is 19.3. The van der Waals surface area contributed by atoms with Gasteiger partial charge in [0, 0.05) is 11.6 Å². The van der Waals surface area contributed by atoms with Gasteiger partial charge in [-0.05, 0) is 43.7 Å². The molecule has 0 radical (unpaired) electrons. The van der Waals surface area contributed by atoms with Crippen LogP contribution in [0.15, 0.2) is 44.3 Å². The Hall–Kier alpha value is -3.42. The van der Waals surface area contributed by atoms with E-state index in [2.05, 4.69) is 10.2 Å². The summed E-state index contributed by atoms with van der Waals surface area (Å²) in [6.45, 7) is 11.8. The molecule has 2 heterocycles. The Morgan fingerprint density at radius 1 is 1.19 bits per heavy atom. The minimum absolute atomic E-state index is 0.0219. The quantitative estimate of drug-likeness (QED) is 0.582. The van der Waals surface area contributed by atoms with E-state index in [1.807, 2.05) is 58.9 Å². The van der Waals surface area contributed by atoms with Crippen molar-refractivity contribution in [1.29, 1.82) is 0 Å². The Morgan fingerprint density at radius 2 is 1.84 bits per heavy atom. The molecule has 1 unspecified atom stereocenters. The van der Waals surface area contributed by atoms with E-state index in [1.165, 1.54) is 10.6 Å². The van der Waals surface area contributed by atoms with E-state index in [0.29, 0.717) is 23.2 Å². The second kappa shape index (κ2) is 8.98. The molecule has 0 bridgehead atoms. The second-order valence-electron chi connectivity index (χ2n) is 9.06. The number of carbonyl (C=O) groups is 1. The summed E-state index contributed by atoms with van der Waals surface area (Å²) in [5, 5.41) is 6.12. The van der Waals surface area contributed by atoms with Crippen LogP contribution in [0.4, 0.5) is 0 Å². The van der Waals surface area contributed by atoms with Gasteiger partial charge in [0.2, 0.25) is 5.89 Å². The van der Waals surface area contributed by atoms with Gasteiger partial charge in [0.05, 0.1) is 12.3 Å². The van der Waals surface area contributed by atoms with Crippen molar-refractivity contribution in [2.24, 2.45) is 5.41 Å². The molecule has 0 aliphatic rings. The van der Waals surface area contributed by atoms with Crippen LogP contribution in [0.1, 0.15) is 51.3 Å². The molecular weight excluding hydrogens is 410 g/mol. The molecule has 0 saturated heterocycles. The van der Waals surface area contributed by atoms with Crippen LogP contribution in [-0.4, -0.2) is 27.3 Å². The molecule has 3 aromatic rings. The highest BCUT2D eigenvalue weighted by atomic mass is 16.5. The first-order valence-electron chi connectivity index (χ1n) is 10.6. The number of aromatic amines is 1. The molecule has 3 rings (SSSR count). The van der Waals surface area contributed by atoms with Crippen LogP contribution >= 0.6 is 0 Å². The fourth-order valence-electron chi connectivity index (χ4n) is 3.76. The average Bonchev–Trinajstić information content (AvgIpc) is 3.14. The second-order valence-corrected chi connectivity index (χ2v) is 9.06. The van der Waals surface area contributed by atoms with Crippen LogP contribution in [-0.2, 0) is 9.53 Å². The maximum atomic E-state index is 13.5. The summed E-state index contributed by atoms with van der Waals surface area (Å²) in [4.78, 5) is 38.0. The number of H-pyrrole nitrogens is 1. The lowest BCUT2D eigenvalue weighted by Crippen LogP contribution is -2.35. The summed E-state index contributed by atoms with van der Waals surface area (Å²) in [7, 11) is 0. The molecule has 0 aliphatic carbocycles. The Bertz CT molecular complexity index is 1230. The van der Waals surface area contributed by atoms with E-state index in [4.69, 9.17) is 9.15 Å². The molecule has 8 nitrogen and oxygen atoms in total. The number of ether oxygens (including phenoxy) is 1. The number of carbonyl (C=O) groups excluding carboxylic acids is 1. The number of rotatable bonds is 6. The van der Waals surface area contributed by atoms with Crippen LogP contribution in [0.25, 0.3) is 22.7 Å². The normalized spacial score (nSPS) is 12.6. The Labute approximate surface area is 186 Å². The van der Waals surface area contributed by atoms with Gasteiger partial charge in [-0.15, -0.1) is 5.10 Å². The van der Waals surface area contributed by atoms with Crippen LogP contribution < -0.4 is 11.3 Å². The molecule has 0 fully saturated rings. The van der Waals surface area contributed by atoms with Gasteiger partial charge in [-0.25, -0.2) is 14.7 Å². The number of benzene rings is 1. The molecule has 1 N–H and O–H groups in total. The predicted octanol–water partition coefficient (Wildman–Crippen LogP) is 4.02. The standard InChI is InChI=1S/C24H29N3O5/c1-7-31-22(29)18(13-24(4,5)6)27-19(28)12-17(21-25-26-23(30)32-21)15(3)20(27)16-10-8-14(2)9-11-16/h8-12,18H,7,13H2,1-6H3,(H,26,30). The lowest BCUT2D eigenvalue weighted by Gasteiger charge is -2.29. The summed E-state index contributed by atoms with van der Waals surface area (Å²) in [5.74, 6) is -1.15. The Balaban J connectivity index is 2.36. The minimum Gasteiger partial charge on any atom is -0.464 e. The maximum Gasteiger partial charge on any atom is 0.434 e. The van der Waals surface area contributed by atoms with Crippen LogP contribution in [0.5, 0.6) is 0 Å². The summed E-state index contributed by atoms with van der Waals surface area (Å²) < 4.78 is 12.0. The molecule has 8 heteroatoms. The van der Waals surface area contributed by atoms with Crippen LogP contribution in [0, 0.1) is 19.3 Å². The number of aromatic nitrogens is 3. The summed E-state index contributed by atoms with van der Waals surface area (Å²) in [6.07, 6.45) is 0.404. The van der Waals surface area contributed by atoms with Crippen LogP contribution in [0.3, 0.4) is 0 Å². The molecule has 0 spiro atoms. The van der Waals surface area contributed by atoms with Gasteiger partial charge in [0.15, 0.2) is 0 Å². The van der Waals surface area contributed by atoms with E-state index < -0.39 is 23.3 Å².